The predicted molar refractivity (Wildman–Crippen MR) is 118 cm³/mol. The zero-order valence-electron chi connectivity index (χ0n) is 18.4. The maximum Gasteiger partial charge on any atom is 0.332 e. The highest BCUT2D eigenvalue weighted by atomic mass is 16.6. The molecule has 6 aliphatic heterocycles. The number of piperidine rings is 2. The Kier molecular flexibility index (Phi) is 4.02. The van der Waals surface area contributed by atoms with E-state index in [1.165, 1.54) is 38.5 Å². The van der Waals surface area contributed by atoms with E-state index in [0.717, 1.165) is 37.1 Å². The molecule has 8 aliphatic rings. The van der Waals surface area contributed by atoms with Crippen LogP contribution in [0.15, 0.2) is 47.6 Å². The molecule has 168 valence electrons. The standard InChI is InChI=1S/2C13H15NO2/c2*15-12-7-9-4-5-10-8-13(9,16-12)11-3-1-2-6-14(10)11/h2*4-5,7,10-11H,1-3,6,8H2/t2*10-,11-,13+/m11/s1. The molecule has 4 fully saturated rings. The highest BCUT2D eigenvalue weighted by Gasteiger charge is 2.61. The number of hydrogen-bond acceptors (Lipinski definition) is 6. The number of hydrogen-bond donors (Lipinski definition) is 0. The zero-order valence-corrected chi connectivity index (χ0v) is 18.4. The normalized spacial score (nSPS) is 45.0. The van der Waals surface area contributed by atoms with E-state index in [-0.39, 0.29) is 23.1 Å². The minimum atomic E-state index is -0.281. The van der Waals surface area contributed by atoms with Gasteiger partial charge >= 0.3 is 11.9 Å². The maximum atomic E-state index is 11.5. The number of carbonyl (C=O) groups excluding carboxylic acids is 2. The molecule has 0 saturated carbocycles. The second-order valence-corrected chi connectivity index (χ2v) is 10.6. The Morgan fingerprint density at radius 3 is 1.66 bits per heavy atom. The van der Waals surface area contributed by atoms with Crippen LogP contribution in [0.5, 0.6) is 0 Å². The lowest BCUT2D eigenvalue weighted by atomic mass is 9.80. The fourth-order valence-corrected chi connectivity index (χ4v) is 7.87. The topological polar surface area (TPSA) is 59.1 Å². The predicted octanol–water partition coefficient (Wildman–Crippen LogP) is 2.81. The lowest BCUT2D eigenvalue weighted by Gasteiger charge is -2.37. The van der Waals surface area contributed by atoms with Crippen LogP contribution in [0.3, 0.4) is 0 Å². The average Bonchev–Trinajstić information content (AvgIpc) is 3.48. The van der Waals surface area contributed by atoms with E-state index < -0.39 is 0 Å². The smallest absolute Gasteiger partial charge is 0.332 e. The molecule has 4 bridgehead atoms. The summed E-state index contributed by atoms with van der Waals surface area (Å²) >= 11 is 0. The molecule has 0 aromatic carbocycles. The molecule has 0 aromatic heterocycles. The molecule has 32 heavy (non-hydrogen) atoms. The minimum Gasteiger partial charge on any atom is -0.449 e. The van der Waals surface area contributed by atoms with E-state index in [0.29, 0.717) is 24.2 Å². The van der Waals surface area contributed by atoms with Gasteiger partial charge in [-0.2, -0.15) is 0 Å². The van der Waals surface area contributed by atoms with Crippen molar-refractivity contribution in [2.24, 2.45) is 0 Å². The van der Waals surface area contributed by atoms with Gasteiger partial charge in [0.2, 0.25) is 0 Å². The second-order valence-electron chi connectivity index (χ2n) is 10.6. The van der Waals surface area contributed by atoms with Crippen molar-refractivity contribution in [2.75, 3.05) is 13.1 Å². The van der Waals surface area contributed by atoms with Gasteiger partial charge in [-0.25, -0.2) is 9.59 Å². The van der Waals surface area contributed by atoms with Crippen LogP contribution in [0.1, 0.15) is 51.4 Å². The van der Waals surface area contributed by atoms with Crippen molar-refractivity contribution >= 4 is 11.9 Å². The Labute approximate surface area is 188 Å². The molecule has 0 aromatic rings. The Balaban J connectivity index is 0.000000113. The molecule has 6 heteroatoms. The monoisotopic (exact) mass is 434 g/mol. The van der Waals surface area contributed by atoms with Crippen LogP contribution in [0, 0.1) is 0 Å². The zero-order chi connectivity index (χ0) is 21.5. The molecule has 0 unspecified atom stereocenters. The lowest BCUT2D eigenvalue weighted by Crippen LogP contribution is -2.48. The van der Waals surface area contributed by atoms with Gasteiger partial charge in [-0.3, -0.25) is 9.80 Å². The summed E-state index contributed by atoms with van der Waals surface area (Å²) < 4.78 is 11.4. The van der Waals surface area contributed by atoms with Crippen molar-refractivity contribution in [1.29, 1.82) is 0 Å². The molecular weight excluding hydrogens is 404 g/mol. The van der Waals surface area contributed by atoms with Gasteiger partial charge < -0.3 is 9.47 Å². The van der Waals surface area contributed by atoms with Crippen LogP contribution in [0.4, 0.5) is 0 Å². The number of nitrogens with zero attached hydrogens (tertiary/aromatic N) is 2. The molecule has 0 amide bonds. The van der Waals surface area contributed by atoms with Crippen molar-refractivity contribution in [3.8, 4) is 0 Å². The summed E-state index contributed by atoms with van der Waals surface area (Å²) in [5.74, 6) is -0.291. The fourth-order valence-electron chi connectivity index (χ4n) is 7.87. The van der Waals surface area contributed by atoms with Gasteiger partial charge in [0.25, 0.3) is 0 Å². The largest absolute Gasteiger partial charge is 0.449 e. The maximum absolute atomic E-state index is 11.5. The summed E-state index contributed by atoms with van der Waals surface area (Å²) in [5, 5.41) is 0. The first kappa shape index (κ1) is 19.3. The number of rotatable bonds is 0. The fraction of sp³-hybridized carbons (Fsp3) is 0.615. The van der Waals surface area contributed by atoms with Crippen molar-refractivity contribution in [3.63, 3.8) is 0 Å². The first-order valence-corrected chi connectivity index (χ1v) is 12.4. The van der Waals surface area contributed by atoms with Gasteiger partial charge in [0.1, 0.15) is 0 Å². The van der Waals surface area contributed by atoms with E-state index in [2.05, 4.69) is 34.1 Å². The summed E-state index contributed by atoms with van der Waals surface area (Å²) in [7, 11) is 0. The van der Waals surface area contributed by atoms with Crippen LogP contribution < -0.4 is 0 Å². The van der Waals surface area contributed by atoms with Gasteiger partial charge in [-0.15, -0.1) is 0 Å². The summed E-state index contributed by atoms with van der Waals surface area (Å²) in [6.45, 7) is 2.32. The molecule has 6 atom stereocenters. The van der Waals surface area contributed by atoms with Crippen molar-refractivity contribution in [3.05, 3.63) is 47.6 Å². The highest BCUT2D eigenvalue weighted by molar-refractivity contribution is 5.89. The SMILES string of the molecule is O=C1C=C2C=C[C@@H]3C[C@@]2(O1)[C@H]1CCCCN31.O=C1C=C2C=C[C@@H]3C[C@@]2(O1)[C@H]1CCCCN31. The highest BCUT2D eigenvalue weighted by Crippen LogP contribution is 2.52. The Bertz CT molecular complexity index is 931. The number of esters is 2. The molecule has 2 aliphatic carbocycles. The molecule has 6 heterocycles. The minimum absolute atomic E-state index is 0.146. The lowest BCUT2D eigenvalue weighted by molar-refractivity contribution is -0.149. The number of ether oxygens (including phenoxy) is 2. The van der Waals surface area contributed by atoms with Gasteiger partial charge in [0, 0.05) is 48.2 Å². The third kappa shape index (κ3) is 2.48. The van der Waals surface area contributed by atoms with Gasteiger partial charge in [0.15, 0.2) is 11.2 Å². The molecule has 8 rings (SSSR count). The van der Waals surface area contributed by atoms with Crippen molar-refractivity contribution in [1.82, 2.24) is 9.80 Å². The Hall–Kier alpha value is -2.18. The molecule has 4 saturated heterocycles. The van der Waals surface area contributed by atoms with Crippen LogP contribution in [0.25, 0.3) is 0 Å². The molecule has 0 N–H and O–H groups in total. The first-order valence-electron chi connectivity index (χ1n) is 12.4. The molecule has 6 nitrogen and oxygen atoms in total. The van der Waals surface area contributed by atoms with E-state index in [9.17, 15) is 9.59 Å². The van der Waals surface area contributed by atoms with Crippen LogP contribution in [-0.4, -0.2) is 70.2 Å². The number of carbonyl (C=O) groups is 2. The second kappa shape index (κ2) is 6.67. The van der Waals surface area contributed by atoms with E-state index in [4.69, 9.17) is 9.47 Å². The van der Waals surface area contributed by atoms with Gasteiger partial charge in [-0.1, -0.05) is 37.1 Å². The van der Waals surface area contributed by atoms with Crippen LogP contribution >= 0.6 is 0 Å². The molecule has 0 radical (unpaired) electrons. The van der Waals surface area contributed by atoms with Gasteiger partial charge in [0.05, 0.1) is 12.1 Å². The van der Waals surface area contributed by atoms with Crippen LogP contribution in [0.2, 0.25) is 0 Å². The Morgan fingerprint density at radius 1 is 0.719 bits per heavy atom. The summed E-state index contributed by atoms with van der Waals surface area (Å²) in [6.07, 6.45) is 21.5. The van der Waals surface area contributed by atoms with E-state index >= 15 is 0 Å². The summed E-state index contributed by atoms with van der Waals surface area (Å²) in [6, 6.07) is 1.85. The first-order chi connectivity index (χ1) is 15.6. The van der Waals surface area contributed by atoms with Gasteiger partial charge in [-0.05, 0) is 38.8 Å². The molecular formula is C26H30N2O4. The Morgan fingerprint density at radius 2 is 1.19 bits per heavy atom. The summed E-state index contributed by atoms with van der Waals surface area (Å²) in [4.78, 5) is 28.1. The van der Waals surface area contributed by atoms with Crippen molar-refractivity contribution in [2.45, 2.75) is 86.7 Å². The summed E-state index contributed by atoms with van der Waals surface area (Å²) in [5.41, 5.74) is 1.67. The van der Waals surface area contributed by atoms with E-state index in [1.807, 2.05) is 0 Å². The number of fused-ring (bicyclic) bond motifs is 6. The molecule has 2 spiro atoms. The van der Waals surface area contributed by atoms with Crippen LogP contribution in [-0.2, 0) is 19.1 Å². The van der Waals surface area contributed by atoms with E-state index in [1.54, 1.807) is 12.2 Å². The third-order valence-corrected chi connectivity index (χ3v) is 9.13. The average molecular weight is 435 g/mol. The third-order valence-electron chi connectivity index (χ3n) is 9.13. The van der Waals surface area contributed by atoms with Crippen molar-refractivity contribution < 1.29 is 19.1 Å². The quantitative estimate of drug-likeness (QED) is 0.547.